The zero-order valence-electron chi connectivity index (χ0n) is 19.2. The van der Waals surface area contributed by atoms with Gasteiger partial charge in [-0.3, -0.25) is 4.79 Å². The van der Waals surface area contributed by atoms with Gasteiger partial charge in [-0.05, 0) is 42.8 Å². The highest BCUT2D eigenvalue weighted by molar-refractivity contribution is 7.09. The largest absolute Gasteiger partial charge is 0.543 e. The van der Waals surface area contributed by atoms with Crippen LogP contribution in [-0.2, 0) is 25.5 Å². The summed E-state index contributed by atoms with van der Waals surface area (Å²) in [7, 11) is 1.43. The molecule has 0 spiro atoms. The fraction of sp³-hybridized carbons (Fsp3) is 0.417. The molecule has 2 heterocycles. The van der Waals surface area contributed by atoms with Gasteiger partial charge < -0.3 is 34.8 Å². The molecule has 10 heteroatoms. The number of carboxylic acid groups (broad SMARTS) is 2. The van der Waals surface area contributed by atoms with Crippen molar-refractivity contribution in [3.05, 3.63) is 52.2 Å². The first-order valence-corrected chi connectivity index (χ1v) is 11.8. The van der Waals surface area contributed by atoms with Crippen molar-refractivity contribution >= 4 is 40.7 Å². The number of Topliss-reactive ketones (excluding diaryl/α,β-unsaturated/α-hetero) is 1. The van der Waals surface area contributed by atoms with Crippen LogP contribution in [0, 0.1) is 0 Å². The normalized spacial score (nSPS) is 14.9. The molecule has 1 fully saturated rings. The Balaban J connectivity index is 0.000000604. The number of nitrogens with zero attached hydrogens (tertiary/aromatic N) is 1. The molecule has 0 bridgehead atoms. The summed E-state index contributed by atoms with van der Waals surface area (Å²) in [5.74, 6) is -4.56. The third-order valence-corrected chi connectivity index (χ3v) is 6.57. The zero-order chi connectivity index (χ0) is 25.1. The summed E-state index contributed by atoms with van der Waals surface area (Å²) in [6.07, 6.45) is 2.77. The Morgan fingerprint density at radius 2 is 1.71 bits per heavy atom. The van der Waals surface area contributed by atoms with Gasteiger partial charge in [0, 0.05) is 42.2 Å². The first kappa shape index (κ1) is 27.0. The summed E-state index contributed by atoms with van der Waals surface area (Å²) in [6.45, 7) is 4.47. The quantitative estimate of drug-likeness (QED) is 0.319. The number of aliphatic carboxylic acids is 2. The lowest BCUT2D eigenvalue weighted by Gasteiger charge is -2.41. The number of carboxylic acids is 2. The number of ketones is 1. The smallest absolute Gasteiger partial charge is 0.331 e. The van der Waals surface area contributed by atoms with Gasteiger partial charge in [-0.25, -0.2) is 4.79 Å². The van der Waals surface area contributed by atoms with Crippen molar-refractivity contribution in [1.29, 1.82) is 0 Å². The van der Waals surface area contributed by atoms with Gasteiger partial charge in [0.05, 0.1) is 19.0 Å². The lowest BCUT2D eigenvalue weighted by Crippen LogP contribution is -2.55. The fourth-order valence-corrected chi connectivity index (χ4v) is 4.44. The van der Waals surface area contributed by atoms with Crippen LogP contribution in [0.2, 0.25) is 0 Å². The van der Waals surface area contributed by atoms with Crippen molar-refractivity contribution in [2.45, 2.75) is 38.1 Å². The van der Waals surface area contributed by atoms with Crippen molar-refractivity contribution in [3.63, 3.8) is 0 Å². The predicted octanol–water partition coefficient (Wildman–Crippen LogP) is 0.489. The molecule has 1 aromatic heterocycles. The SMILES string of the molecule is CCC(=O)c1ccccc1NC1(C(=O)OC)CCN(CCc2cccs2)CC1.O=C([O-])C(=O)[O-]. The highest BCUT2D eigenvalue weighted by Crippen LogP contribution is 2.30. The van der Waals surface area contributed by atoms with Crippen LogP contribution in [0.15, 0.2) is 41.8 Å². The Labute approximate surface area is 202 Å². The van der Waals surface area contributed by atoms with E-state index in [0.717, 1.165) is 26.1 Å². The molecule has 1 aliphatic rings. The van der Waals surface area contributed by atoms with Crippen LogP contribution < -0.4 is 15.5 Å². The third kappa shape index (κ3) is 7.39. The summed E-state index contributed by atoms with van der Waals surface area (Å²) < 4.78 is 5.14. The molecule has 184 valence electrons. The van der Waals surface area contributed by atoms with E-state index in [1.54, 1.807) is 11.3 Å². The molecule has 0 atom stereocenters. The molecule has 0 radical (unpaired) electrons. The number of para-hydroxylation sites is 1. The number of thiophene rings is 1. The molecule has 34 heavy (non-hydrogen) atoms. The van der Waals surface area contributed by atoms with Crippen LogP contribution in [0.3, 0.4) is 0 Å². The van der Waals surface area contributed by atoms with Crippen molar-refractivity contribution in [2.75, 3.05) is 32.1 Å². The van der Waals surface area contributed by atoms with Crippen molar-refractivity contribution in [3.8, 4) is 0 Å². The highest BCUT2D eigenvalue weighted by Gasteiger charge is 2.43. The lowest BCUT2D eigenvalue weighted by molar-refractivity contribution is -0.345. The maximum Gasteiger partial charge on any atom is 0.331 e. The van der Waals surface area contributed by atoms with Crippen molar-refractivity contribution in [2.24, 2.45) is 0 Å². The fourth-order valence-electron chi connectivity index (χ4n) is 3.74. The molecule has 3 rings (SSSR count). The average molecular weight is 489 g/mol. The number of nitrogens with one attached hydrogen (secondary N) is 1. The number of likely N-dealkylation sites (tertiary alicyclic amines) is 1. The summed E-state index contributed by atoms with van der Waals surface area (Å²) in [5, 5.41) is 23.4. The number of hydrogen-bond donors (Lipinski definition) is 1. The monoisotopic (exact) mass is 488 g/mol. The van der Waals surface area contributed by atoms with Crippen LogP contribution in [-0.4, -0.2) is 60.9 Å². The van der Waals surface area contributed by atoms with Crippen LogP contribution in [0.5, 0.6) is 0 Å². The van der Waals surface area contributed by atoms with E-state index in [-0.39, 0.29) is 11.8 Å². The minimum atomic E-state index is -2.19. The number of esters is 1. The molecule has 0 unspecified atom stereocenters. The molecule has 1 aromatic carbocycles. The zero-order valence-corrected chi connectivity index (χ0v) is 20.0. The van der Waals surface area contributed by atoms with Gasteiger partial charge in [0.2, 0.25) is 0 Å². The number of piperidine rings is 1. The molecule has 0 amide bonds. The van der Waals surface area contributed by atoms with E-state index < -0.39 is 17.5 Å². The van der Waals surface area contributed by atoms with Gasteiger partial charge in [-0.2, -0.15) is 0 Å². The van der Waals surface area contributed by atoms with E-state index >= 15 is 0 Å². The maximum atomic E-state index is 12.7. The van der Waals surface area contributed by atoms with E-state index in [2.05, 4.69) is 27.7 Å². The van der Waals surface area contributed by atoms with Crippen LogP contribution >= 0.6 is 11.3 Å². The predicted molar refractivity (Wildman–Crippen MR) is 123 cm³/mol. The van der Waals surface area contributed by atoms with E-state index in [1.807, 2.05) is 31.2 Å². The van der Waals surface area contributed by atoms with Crippen molar-refractivity contribution < 1.29 is 34.1 Å². The lowest BCUT2D eigenvalue weighted by atomic mass is 9.86. The first-order chi connectivity index (χ1) is 16.2. The van der Waals surface area contributed by atoms with Crippen LogP contribution in [0.4, 0.5) is 5.69 Å². The molecule has 1 saturated heterocycles. The highest BCUT2D eigenvalue weighted by atomic mass is 32.1. The third-order valence-electron chi connectivity index (χ3n) is 5.63. The van der Waals surface area contributed by atoms with Gasteiger partial charge >= 0.3 is 5.97 Å². The summed E-state index contributed by atoms with van der Waals surface area (Å²) in [5.41, 5.74) is 0.554. The Bertz CT molecular complexity index is 971. The van der Waals surface area contributed by atoms with E-state index in [0.29, 0.717) is 30.5 Å². The second kappa shape index (κ2) is 12.9. The minimum absolute atomic E-state index is 0.0662. The molecular formula is C24H28N2O7S-2. The van der Waals surface area contributed by atoms with E-state index in [9.17, 15) is 9.59 Å². The maximum absolute atomic E-state index is 12.7. The van der Waals surface area contributed by atoms with Crippen LogP contribution in [0.25, 0.3) is 0 Å². The van der Waals surface area contributed by atoms with Crippen LogP contribution in [0.1, 0.15) is 41.4 Å². The van der Waals surface area contributed by atoms with Gasteiger partial charge in [0.1, 0.15) is 5.54 Å². The van der Waals surface area contributed by atoms with Crippen molar-refractivity contribution in [1.82, 2.24) is 4.90 Å². The number of rotatable bonds is 8. The standard InChI is InChI=1S/C22H28N2O3S.C2H2O4/c1-3-20(25)18-8-4-5-9-19(18)23-22(21(26)27-2)11-14-24(15-12-22)13-10-17-7-6-16-28-17;3-1(4)2(5)6/h4-9,16,23H,3,10-15H2,1-2H3;(H,3,4)(H,5,6)/p-2. The number of methoxy groups -OCH3 is 1. The average Bonchev–Trinajstić information content (AvgIpc) is 3.37. The second-order valence-corrected chi connectivity index (χ2v) is 8.80. The summed E-state index contributed by atoms with van der Waals surface area (Å²) in [4.78, 5) is 46.6. The molecular weight excluding hydrogens is 460 g/mol. The van der Waals surface area contributed by atoms with E-state index in [4.69, 9.17) is 24.5 Å². The summed E-state index contributed by atoms with van der Waals surface area (Å²) in [6, 6.07) is 11.7. The number of benzene rings is 1. The molecule has 2 aromatic rings. The Morgan fingerprint density at radius 3 is 2.24 bits per heavy atom. The minimum Gasteiger partial charge on any atom is -0.543 e. The second-order valence-electron chi connectivity index (χ2n) is 7.77. The molecule has 0 saturated carbocycles. The number of ether oxygens (including phenoxy) is 1. The molecule has 1 N–H and O–H groups in total. The van der Waals surface area contributed by atoms with E-state index in [1.165, 1.54) is 12.0 Å². The topological polar surface area (TPSA) is 139 Å². The van der Waals surface area contributed by atoms with Gasteiger partial charge in [0.25, 0.3) is 0 Å². The first-order valence-electron chi connectivity index (χ1n) is 10.9. The molecule has 9 nitrogen and oxygen atoms in total. The number of anilines is 1. The summed E-state index contributed by atoms with van der Waals surface area (Å²) >= 11 is 1.78. The Kier molecular flexibility index (Phi) is 10.2. The number of carbonyl (C=O) groups is 4. The molecule has 1 aliphatic heterocycles. The Morgan fingerprint density at radius 1 is 1.06 bits per heavy atom. The number of carbonyl (C=O) groups excluding carboxylic acids is 4. The Hall–Kier alpha value is -3.24. The van der Waals surface area contributed by atoms with Gasteiger partial charge in [-0.15, -0.1) is 11.3 Å². The number of hydrogen-bond acceptors (Lipinski definition) is 10. The van der Waals surface area contributed by atoms with Gasteiger partial charge in [0.15, 0.2) is 5.78 Å². The van der Waals surface area contributed by atoms with Gasteiger partial charge in [-0.1, -0.05) is 25.1 Å². The molecule has 0 aliphatic carbocycles.